The Morgan fingerprint density at radius 2 is 2.17 bits per heavy atom. The third-order valence-electron chi connectivity index (χ3n) is 3.37. The normalized spacial score (nSPS) is 13.9. The minimum Gasteiger partial charge on any atom is -0.496 e. The Labute approximate surface area is 110 Å². The van der Waals surface area contributed by atoms with E-state index in [9.17, 15) is 0 Å². The van der Waals surface area contributed by atoms with Crippen molar-refractivity contribution in [3.05, 3.63) is 35.5 Å². The van der Waals surface area contributed by atoms with Crippen LogP contribution >= 0.6 is 0 Å². The molecule has 18 heavy (non-hydrogen) atoms. The van der Waals surface area contributed by atoms with E-state index in [2.05, 4.69) is 49.5 Å². The van der Waals surface area contributed by atoms with Crippen LogP contribution in [0.5, 0.6) is 5.75 Å². The van der Waals surface area contributed by atoms with E-state index in [4.69, 9.17) is 4.74 Å². The molecule has 0 unspecified atom stereocenters. The number of rotatable bonds is 4. The van der Waals surface area contributed by atoms with Gasteiger partial charge in [-0.05, 0) is 50.7 Å². The molecule has 0 aromatic heterocycles. The van der Waals surface area contributed by atoms with Gasteiger partial charge in [0, 0.05) is 24.5 Å². The van der Waals surface area contributed by atoms with E-state index in [1.807, 2.05) is 0 Å². The van der Waals surface area contributed by atoms with Crippen molar-refractivity contribution in [2.45, 2.75) is 13.3 Å². The van der Waals surface area contributed by atoms with Crippen LogP contribution in [0.1, 0.15) is 11.1 Å². The van der Waals surface area contributed by atoms with Crippen LogP contribution in [0.15, 0.2) is 24.4 Å². The van der Waals surface area contributed by atoms with Gasteiger partial charge in [0.2, 0.25) is 0 Å². The standard InChI is InChI=1S/C15H22N2O/c1-11-8-14-13(9-15(11)18-5)6-7-17(14)12(2)10-16(3)4/h8-9H,2,6-7,10H2,1,3-5H3. The topological polar surface area (TPSA) is 15.7 Å². The van der Waals surface area contributed by atoms with Gasteiger partial charge in [-0.3, -0.25) is 0 Å². The molecule has 0 saturated heterocycles. The highest BCUT2D eigenvalue weighted by Crippen LogP contribution is 2.35. The van der Waals surface area contributed by atoms with E-state index in [-0.39, 0.29) is 0 Å². The lowest BCUT2D eigenvalue weighted by Gasteiger charge is -2.25. The molecule has 0 N–H and O–H groups in total. The van der Waals surface area contributed by atoms with Crippen LogP contribution in [0.25, 0.3) is 0 Å². The molecule has 3 heteroatoms. The summed E-state index contributed by atoms with van der Waals surface area (Å²) in [6.45, 7) is 8.20. The first-order valence-corrected chi connectivity index (χ1v) is 6.30. The summed E-state index contributed by atoms with van der Waals surface area (Å²) in [4.78, 5) is 4.47. The van der Waals surface area contributed by atoms with Gasteiger partial charge in [0.15, 0.2) is 0 Å². The average Bonchev–Trinajstić information content (AvgIpc) is 2.69. The summed E-state index contributed by atoms with van der Waals surface area (Å²) in [5.74, 6) is 0.980. The van der Waals surface area contributed by atoms with Crippen molar-refractivity contribution in [2.75, 3.05) is 39.2 Å². The Morgan fingerprint density at radius 3 is 2.78 bits per heavy atom. The number of anilines is 1. The lowest BCUT2D eigenvalue weighted by molar-refractivity contribution is 0.411. The molecule has 0 bridgehead atoms. The van der Waals surface area contributed by atoms with Gasteiger partial charge in [-0.25, -0.2) is 0 Å². The molecule has 0 radical (unpaired) electrons. The number of nitrogens with zero attached hydrogens (tertiary/aromatic N) is 2. The zero-order valence-electron chi connectivity index (χ0n) is 11.8. The maximum absolute atomic E-state index is 5.38. The molecule has 0 fully saturated rings. The van der Waals surface area contributed by atoms with Crippen LogP contribution in [-0.2, 0) is 6.42 Å². The number of aryl methyl sites for hydroxylation is 1. The second-order valence-corrected chi connectivity index (χ2v) is 5.16. The van der Waals surface area contributed by atoms with Gasteiger partial charge in [0.25, 0.3) is 0 Å². The van der Waals surface area contributed by atoms with Crippen molar-refractivity contribution >= 4 is 5.69 Å². The third-order valence-corrected chi connectivity index (χ3v) is 3.37. The van der Waals surface area contributed by atoms with Crippen molar-refractivity contribution < 1.29 is 4.74 Å². The van der Waals surface area contributed by atoms with Gasteiger partial charge in [0.1, 0.15) is 5.75 Å². The molecular formula is C15H22N2O. The van der Waals surface area contributed by atoms with Crippen LogP contribution in [0, 0.1) is 6.92 Å². The van der Waals surface area contributed by atoms with Gasteiger partial charge >= 0.3 is 0 Å². The van der Waals surface area contributed by atoms with Gasteiger partial charge in [-0.1, -0.05) is 6.58 Å². The fourth-order valence-corrected chi connectivity index (χ4v) is 2.52. The Kier molecular flexibility index (Phi) is 3.62. The summed E-state index contributed by atoms with van der Waals surface area (Å²) in [7, 11) is 5.87. The van der Waals surface area contributed by atoms with E-state index in [1.165, 1.54) is 16.8 Å². The molecule has 0 saturated carbocycles. The largest absolute Gasteiger partial charge is 0.496 e. The number of likely N-dealkylation sites (N-methyl/N-ethyl adjacent to an activating group) is 1. The number of benzene rings is 1. The number of methoxy groups -OCH3 is 1. The molecule has 2 rings (SSSR count). The highest BCUT2D eigenvalue weighted by molar-refractivity contribution is 5.65. The predicted molar refractivity (Wildman–Crippen MR) is 76.5 cm³/mol. The number of hydrogen-bond acceptors (Lipinski definition) is 3. The lowest BCUT2D eigenvalue weighted by Crippen LogP contribution is -2.27. The zero-order chi connectivity index (χ0) is 13.3. The molecule has 1 aliphatic heterocycles. The first-order valence-electron chi connectivity index (χ1n) is 6.30. The molecular weight excluding hydrogens is 224 g/mol. The number of hydrogen-bond donors (Lipinski definition) is 0. The van der Waals surface area contributed by atoms with Gasteiger partial charge < -0.3 is 14.5 Å². The molecule has 0 amide bonds. The minimum atomic E-state index is 0.893. The first-order chi connectivity index (χ1) is 8.52. The van der Waals surface area contributed by atoms with Gasteiger partial charge in [-0.15, -0.1) is 0 Å². The second-order valence-electron chi connectivity index (χ2n) is 5.16. The average molecular weight is 246 g/mol. The molecule has 1 aliphatic rings. The fraction of sp³-hybridized carbons (Fsp3) is 0.467. The fourth-order valence-electron chi connectivity index (χ4n) is 2.52. The van der Waals surface area contributed by atoms with Crippen molar-refractivity contribution in [1.82, 2.24) is 4.90 Å². The van der Waals surface area contributed by atoms with Crippen LogP contribution in [0.3, 0.4) is 0 Å². The monoisotopic (exact) mass is 246 g/mol. The molecule has 3 nitrogen and oxygen atoms in total. The minimum absolute atomic E-state index is 0.893. The molecule has 1 aromatic rings. The molecule has 1 aromatic carbocycles. The summed E-state index contributed by atoms with van der Waals surface area (Å²) < 4.78 is 5.38. The number of ether oxygens (including phenoxy) is 1. The quantitative estimate of drug-likeness (QED) is 0.811. The Hall–Kier alpha value is -1.48. The van der Waals surface area contributed by atoms with E-state index >= 15 is 0 Å². The van der Waals surface area contributed by atoms with E-state index in [0.717, 1.165) is 31.0 Å². The summed E-state index contributed by atoms with van der Waals surface area (Å²) >= 11 is 0. The smallest absolute Gasteiger partial charge is 0.122 e. The molecule has 1 heterocycles. The molecule has 98 valence electrons. The second kappa shape index (κ2) is 5.02. The first kappa shape index (κ1) is 13.0. The van der Waals surface area contributed by atoms with E-state index in [0.29, 0.717) is 0 Å². The number of fused-ring (bicyclic) bond motifs is 1. The molecule has 0 spiro atoms. The van der Waals surface area contributed by atoms with Crippen molar-refractivity contribution in [1.29, 1.82) is 0 Å². The lowest BCUT2D eigenvalue weighted by atomic mass is 10.1. The van der Waals surface area contributed by atoms with Crippen molar-refractivity contribution in [3.8, 4) is 5.75 Å². The van der Waals surface area contributed by atoms with Crippen molar-refractivity contribution in [2.24, 2.45) is 0 Å². The summed E-state index contributed by atoms with van der Waals surface area (Å²) in [5, 5.41) is 0. The maximum atomic E-state index is 5.38. The van der Waals surface area contributed by atoms with E-state index < -0.39 is 0 Å². The SMILES string of the molecule is C=C(CN(C)C)N1CCc2cc(OC)c(C)cc21. The Morgan fingerprint density at radius 1 is 1.44 bits per heavy atom. The van der Waals surface area contributed by atoms with Crippen LogP contribution in [0.2, 0.25) is 0 Å². The Bertz CT molecular complexity index is 466. The van der Waals surface area contributed by atoms with E-state index in [1.54, 1.807) is 7.11 Å². The maximum Gasteiger partial charge on any atom is 0.122 e. The highest BCUT2D eigenvalue weighted by atomic mass is 16.5. The summed E-state index contributed by atoms with van der Waals surface area (Å²) in [6, 6.07) is 4.37. The summed E-state index contributed by atoms with van der Waals surface area (Å²) in [6.07, 6.45) is 1.07. The molecule has 0 aliphatic carbocycles. The third kappa shape index (κ3) is 2.36. The highest BCUT2D eigenvalue weighted by Gasteiger charge is 2.22. The van der Waals surface area contributed by atoms with Crippen LogP contribution in [0.4, 0.5) is 5.69 Å². The van der Waals surface area contributed by atoms with Crippen LogP contribution in [-0.4, -0.2) is 39.2 Å². The zero-order valence-corrected chi connectivity index (χ0v) is 11.8. The van der Waals surface area contributed by atoms with Crippen LogP contribution < -0.4 is 9.64 Å². The van der Waals surface area contributed by atoms with Gasteiger partial charge in [0.05, 0.1) is 7.11 Å². The molecule has 0 atom stereocenters. The Balaban J connectivity index is 2.28. The summed E-state index contributed by atoms with van der Waals surface area (Å²) in [5.41, 5.74) is 4.99. The van der Waals surface area contributed by atoms with Crippen molar-refractivity contribution in [3.63, 3.8) is 0 Å². The predicted octanol–water partition coefficient (Wildman–Crippen LogP) is 2.44. The van der Waals surface area contributed by atoms with Gasteiger partial charge in [-0.2, -0.15) is 0 Å².